The van der Waals surface area contributed by atoms with Gasteiger partial charge in [0, 0.05) is 5.54 Å². The van der Waals surface area contributed by atoms with E-state index in [-0.39, 0.29) is 25.1 Å². The number of aliphatic hydroxyl groups is 1. The molecule has 1 rings (SSSR count). The van der Waals surface area contributed by atoms with Gasteiger partial charge in [0.05, 0.1) is 25.5 Å². The summed E-state index contributed by atoms with van der Waals surface area (Å²) in [4.78, 5) is 13.7. The van der Waals surface area contributed by atoms with Gasteiger partial charge in [-0.3, -0.25) is 9.69 Å². The second-order valence-electron chi connectivity index (χ2n) is 5.13. The zero-order chi connectivity index (χ0) is 13.8. The molecule has 102 valence electrons. The van der Waals surface area contributed by atoms with Gasteiger partial charge in [-0.1, -0.05) is 0 Å². The molecule has 0 aromatic carbocycles. The maximum atomic E-state index is 11.8. The normalized spacial score (nSPS) is 13.7. The summed E-state index contributed by atoms with van der Waals surface area (Å²) in [5.41, 5.74) is -0.411. The number of amides is 1. The molecule has 0 bridgehead atoms. The Morgan fingerprint density at radius 2 is 2.28 bits per heavy atom. The van der Waals surface area contributed by atoms with E-state index in [1.807, 2.05) is 38.8 Å². The van der Waals surface area contributed by atoms with Crippen LogP contribution in [0.4, 0.5) is 0 Å². The molecule has 1 atom stereocenters. The molecule has 0 fully saturated rings. The summed E-state index contributed by atoms with van der Waals surface area (Å²) in [5, 5.41) is 12.1. The van der Waals surface area contributed by atoms with Gasteiger partial charge in [0.25, 0.3) is 0 Å². The van der Waals surface area contributed by atoms with Gasteiger partial charge in [-0.05, 0) is 40.0 Å². The smallest absolute Gasteiger partial charge is 0.234 e. The molecule has 1 amide bonds. The molecule has 0 aliphatic heterocycles. The zero-order valence-electron chi connectivity index (χ0n) is 11.4. The first kappa shape index (κ1) is 14.7. The van der Waals surface area contributed by atoms with Crippen molar-refractivity contribution in [3.63, 3.8) is 0 Å². The second kappa shape index (κ2) is 6.02. The first-order valence-corrected chi connectivity index (χ1v) is 6.01. The summed E-state index contributed by atoms with van der Waals surface area (Å²) >= 11 is 0. The lowest BCUT2D eigenvalue weighted by Gasteiger charge is -2.33. The van der Waals surface area contributed by atoms with Gasteiger partial charge in [0.1, 0.15) is 5.76 Å². The van der Waals surface area contributed by atoms with Crippen LogP contribution in [0.15, 0.2) is 22.8 Å². The van der Waals surface area contributed by atoms with Gasteiger partial charge < -0.3 is 14.8 Å². The van der Waals surface area contributed by atoms with Crippen LogP contribution < -0.4 is 5.32 Å². The topological polar surface area (TPSA) is 65.7 Å². The molecule has 1 heterocycles. The van der Waals surface area contributed by atoms with E-state index in [1.54, 1.807) is 12.3 Å². The zero-order valence-corrected chi connectivity index (χ0v) is 11.4. The maximum absolute atomic E-state index is 11.8. The van der Waals surface area contributed by atoms with Crippen molar-refractivity contribution in [2.45, 2.75) is 32.4 Å². The summed E-state index contributed by atoms with van der Waals surface area (Å²) in [5.74, 6) is 0.635. The molecular formula is C13H22N2O3. The van der Waals surface area contributed by atoms with E-state index in [0.717, 1.165) is 5.76 Å². The average molecular weight is 254 g/mol. The Hall–Kier alpha value is -1.33. The highest BCUT2D eigenvalue weighted by Crippen LogP contribution is 2.13. The lowest BCUT2D eigenvalue weighted by molar-refractivity contribution is -0.124. The maximum Gasteiger partial charge on any atom is 0.234 e. The molecule has 0 saturated carbocycles. The molecule has 18 heavy (non-hydrogen) atoms. The first-order chi connectivity index (χ1) is 8.36. The highest BCUT2D eigenvalue weighted by atomic mass is 16.3. The van der Waals surface area contributed by atoms with Crippen molar-refractivity contribution >= 4 is 5.91 Å². The van der Waals surface area contributed by atoms with Crippen molar-refractivity contribution in [1.29, 1.82) is 0 Å². The summed E-state index contributed by atoms with van der Waals surface area (Å²) in [7, 11) is 1.81. The lowest BCUT2D eigenvalue weighted by Crippen LogP contribution is -2.49. The minimum absolute atomic E-state index is 0.00448. The van der Waals surface area contributed by atoms with E-state index in [1.165, 1.54) is 0 Å². The van der Waals surface area contributed by atoms with Crippen molar-refractivity contribution < 1.29 is 14.3 Å². The Bertz CT molecular complexity index is 374. The van der Waals surface area contributed by atoms with Crippen LogP contribution >= 0.6 is 0 Å². The van der Waals surface area contributed by atoms with Gasteiger partial charge in [-0.2, -0.15) is 0 Å². The number of likely N-dealkylation sites (N-methyl/N-ethyl adjacent to an activating group) is 1. The average Bonchev–Trinajstić information content (AvgIpc) is 2.82. The van der Waals surface area contributed by atoms with Crippen molar-refractivity contribution in [3.8, 4) is 0 Å². The molecule has 0 spiro atoms. The minimum atomic E-state index is -0.411. The molecular weight excluding hydrogens is 232 g/mol. The van der Waals surface area contributed by atoms with Gasteiger partial charge >= 0.3 is 0 Å². The number of nitrogens with one attached hydrogen (secondary N) is 1. The molecule has 0 saturated heterocycles. The molecule has 1 unspecified atom stereocenters. The van der Waals surface area contributed by atoms with E-state index in [4.69, 9.17) is 4.42 Å². The largest absolute Gasteiger partial charge is 0.467 e. The Morgan fingerprint density at radius 1 is 1.61 bits per heavy atom. The number of hydrogen-bond donors (Lipinski definition) is 2. The Labute approximate surface area is 108 Å². The third-order valence-corrected chi connectivity index (χ3v) is 3.15. The number of nitrogens with zero attached hydrogens (tertiary/aromatic N) is 1. The minimum Gasteiger partial charge on any atom is -0.467 e. The van der Waals surface area contributed by atoms with E-state index in [0.29, 0.717) is 0 Å². The molecule has 0 radical (unpaired) electrons. The molecule has 5 heteroatoms. The standard InChI is InChI=1S/C13H22N2O3/c1-10(11-6-5-7-18-11)14-12(17)8-15(4)13(2,3)9-16/h5-7,10,16H,8-9H2,1-4H3,(H,14,17). The van der Waals surface area contributed by atoms with Crippen molar-refractivity contribution in [3.05, 3.63) is 24.2 Å². The van der Waals surface area contributed by atoms with Crippen LogP contribution in [0.5, 0.6) is 0 Å². The Kier molecular flexibility index (Phi) is 4.93. The SMILES string of the molecule is CC(NC(=O)CN(C)C(C)(C)CO)c1ccco1. The fourth-order valence-corrected chi connectivity index (χ4v) is 1.45. The van der Waals surface area contributed by atoms with Gasteiger partial charge in [-0.15, -0.1) is 0 Å². The van der Waals surface area contributed by atoms with E-state index in [9.17, 15) is 9.90 Å². The Balaban J connectivity index is 2.47. The van der Waals surface area contributed by atoms with Crippen LogP contribution in [0.3, 0.4) is 0 Å². The Morgan fingerprint density at radius 3 is 2.78 bits per heavy atom. The summed E-state index contributed by atoms with van der Waals surface area (Å²) in [6, 6.07) is 3.46. The number of furan rings is 1. The predicted octanol–water partition coefficient (Wildman–Crippen LogP) is 1.16. The number of aliphatic hydroxyl groups excluding tert-OH is 1. The highest BCUT2D eigenvalue weighted by Gasteiger charge is 2.24. The molecule has 0 aliphatic rings. The van der Waals surface area contributed by atoms with E-state index < -0.39 is 5.54 Å². The summed E-state index contributed by atoms with van der Waals surface area (Å²) in [6.07, 6.45) is 1.58. The molecule has 1 aromatic heterocycles. The highest BCUT2D eigenvalue weighted by molar-refractivity contribution is 5.78. The van der Waals surface area contributed by atoms with Crippen LogP contribution in [0.2, 0.25) is 0 Å². The number of rotatable bonds is 6. The van der Waals surface area contributed by atoms with Crippen LogP contribution in [-0.4, -0.2) is 41.7 Å². The van der Waals surface area contributed by atoms with Crippen molar-refractivity contribution in [1.82, 2.24) is 10.2 Å². The molecule has 5 nitrogen and oxygen atoms in total. The number of carbonyl (C=O) groups excluding carboxylic acids is 1. The van der Waals surface area contributed by atoms with Crippen LogP contribution in [-0.2, 0) is 4.79 Å². The van der Waals surface area contributed by atoms with E-state index >= 15 is 0 Å². The quantitative estimate of drug-likeness (QED) is 0.799. The van der Waals surface area contributed by atoms with Crippen molar-refractivity contribution in [2.24, 2.45) is 0 Å². The molecule has 0 aliphatic carbocycles. The fraction of sp³-hybridized carbons (Fsp3) is 0.615. The number of carbonyl (C=O) groups is 1. The second-order valence-corrected chi connectivity index (χ2v) is 5.13. The van der Waals surface area contributed by atoms with Gasteiger partial charge in [0.2, 0.25) is 5.91 Å². The summed E-state index contributed by atoms with van der Waals surface area (Å²) < 4.78 is 5.22. The molecule has 1 aromatic rings. The third kappa shape index (κ3) is 3.85. The first-order valence-electron chi connectivity index (χ1n) is 6.01. The predicted molar refractivity (Wildman–Crippen MR) is 69.1 cm³/mol. The van der Waals surface area contributed by atoms with E-state index in [2.05, 4.69) is 5.32 Å². The van der Waals surface area contributed by atoms with Crippen LogP contribution in [0, 0.1) is 0 Å². The fourth-order valence-electron chi connectivity index (χ4n) is 1.45. The van der Waals surface area contributed by atoms with Gasteiger partial charge in [-0.25, -0.2) is 0 Å². The van der Waals surface area contributed by atoms with Crippen molar-refractivity contribution in [2.75, 3.05) is 20.2 Å². The third-order valence-electron chi connectivity index (χ3n) is 3.15. The monoisotopic (exact) mass is 254 g/mol. The number of hydrogen-bond acceptors (Lipinski definition) is 4. The van der Waals surface area contributed by atoms with Gasteiger partial charge in [0.15, 0.2) is 0 Å². The summed E-state index contributed by atoms with van der Waals surface area (Å²) in [6.45, 7) is 5.88. The lowest BCUT2D eigenvalue weighted by atomic mass is 10.1. The van der Waals surface area contributed by atoms with Crippen LogP contribution in [0.1, 0.15) is 32.6 Å². The molecule has 2 N–H and O–H groups in total. The van der Waals surface area contributed by atoms with Crippen LogP contribution in [0.25, 0.3) is 0 Å².